The molecule has 19 heavy (non-hydrogen) atoms. The third-order valence-corrected chi connectivity index (χ3v) is 3.36. The molecular weight excluding hydrogens is 230 g/mol. The van der Waals surface area contributed by atoms with Crippen molar-refractivity contribution in [3.63, 3.8) is 0 Å². The Morgan fingerprint density at radius 2 is 1.26 bits per heavy atom. The van der Waals surface area contributed by atoms with E-state index < -0.39 is 0 Å². The molecule has 2 rings (SSSR count). The zero-order chi connectivity index (χ0) is 13.5. The van der Waals surface area contributed by atoms with E-state index in [9.17, 15) is 0 Å². The molecule has 0 fully saturated rings. The van der Waals surface area contributed by atoms with Crippen molar-refractivity contribution in [2.45, 2.75) is 33.2 Å². The molecule has 0 aliphatic carbocycles. The van der Waals surface area contributed by atoms with Crippen molar-refractivity contribution in [3.05, 3.63) is 59.7 Å². The van der Waals surface area contributed by atoms with E-state index in [0.717, 1.165) is 13.1 Å². The number of nitrogens with one attached hydrogen (secondary N) is 1. The predicted octanol–water partition coefficient (Wildman–Crippen LogP) is 4.42. The fraction of sp³-hybridized carbons (Fsp3) is 0.333. The highest BCUT2D eigenvalue weighted by Gasteiger charge is 1.99. The standard InChI is InChI=1S/C18H23N/c1-3-5-15-6-10-17(11-7-15)18-12-8-16(9-13-18)14-19-4-2/h6-13,19H,3-5,14H2,1-2H3. The van der Waals surface area contributed by atoms with Gasteiger partial charge in [-0.25, -0.2) is 0 Å². The van der Waals surface area contributed by atoms with Crippen LogP contribution in [0, 0.1) is 0 Å². The second-order valence-corrected chi connectivity index (χ2v) is 4.92. The van der Waals surface area contributed by atoms with Crippen LogP contribution in [0.3, 0.4) is 0 Å². The largest absolute Gasteiger partial charge is 0.313 e. The molecule has 0 aliphatic rings. The summed E-state index contributed by atoms with van der Waals surface area (Å²) >= 11 is 0. The molecule has 0 unspecified atom stereocenters. The van der Waals surface area contributed by atoms with Crippen LogP contribution in [0.2, 0.25) is 0 Å². The fourth-order valence-electron chi connectivity index (χ4n) is 2.24. The van der Waals surface area contributed by atoms with Crippen molar-refractivity contribution in [1.82, 2.24) is 5.32 Å². The molecule has 2 aromatic carbocycles. The first-order chi connectivity index (χ1) is 9.33. The summed E-state index contributed by atoms with van der Waals surface area (Å²) in [6.07, 6.45) is 2.38. The van der Waals surface area contributed by atoms with Gasteiger partial charge in [0, 0.05) is 6.54 Å². The summed E-state index contributed by atoms with van der Waals surface area (Å²) in [4.78, 5) is 0. The molecule has 0 aromatic heterocycles. The Morgan fingerprint density at radius 1 is 0.737 bits per heavy atom. The normalized spacial score (nSPS) is 10.6. The summed E-state index contributed by atoms with van der Waals surface area (Å²) in [5.41, 5.74) is 5.36. The van der Waals surface area contributed by atoms with Crippen LogP contribution in [0.25, 0.3) is 11.1 Å². The second-order valence-electron chi connectivity index (χ2n) is 4.92. The average molecular weight is 253 g/mol. The Labute approximate surface area is 116 Å². The number of hydrogen-bond donors (Lipinski definition) is 1. The van der Waals surface area contributed by atoms with Crippen LogP contribution in [0.15, 0.2) is 48.5 Å². The minimum Gasteiger partial charge on any atom is -0.313 e. The van der Waals surface area contributed by atoms with Gasteiger partial charge < -0.3 is 5.32 Å². The van der Waals surface area contributed by atoms with Crippen molar-refractivity contribution < 1.29 is 0 Å². The van der Waals surface area contributed by atoms with Crippen LogP contribution >= 0.6 is 0 Å². The Balaban J connectivity index is 2.08. The Kier molecular flexibility index (Phi) is 5.17. The first kappa shape index (κ1) is 13.8. The van der Waals surface area contributed by atoms with Gasteiger partial charge >= 0.3 is 0 Å². The molecule has 0 spiro atoms. The molecule has 2 aromatic rings. The molecule has 1 N–H and O–H groups in total. The third kappa shape index (κ3) is 3.93. The van der Waals surface area contributed by atoms with E-state index in [1.54, 1.807) is 0 Å². The Morgan fingerprint density at radius 3 is 1.74 bits per heavy atom. The summed E-state index contributed by atoms with van der Waals surface area (Å²) in [6, 6.07) is 17.8. The number of aryl methyl sites for hydroxylation is 1. The molecule has 0 amide bonds. The Bertz CT molecular complexity index is 482. The predicted molar refractivity (Wildman–Crippen MR) is 83.3 cm³/mol. The van der Waals surface area contributed by atoms with Gasteiger partial charge in [0.15, 0.2) is 0 Å². The van der Waals surface area contributed by atoms with Crippen molar-refractivity contribution in [2.75, 3.05) is 6.54 Å². The molecule has 0 aliphatic heterocycles. The lowest BCUT2D eigenvalue weighted by molar-refractivity contribution is 0.727. The monoisotopic (exact) mass is 253 g/mol. The zero-order valence-electron chi connectivity index (χ0n) is 11.9. The lowest BCUT2D eigenvalue weighted by atomic mass is 10.0. The van der Waals surface area contributed by atoms with Gasteiger partial charge in [0.05, 0.1) is 0 Å². The maximum absolute atomic E-state index is 3.35. The van der Waals surface area contributed by atoms with Gasteiger partial charge in [0.2, 0.25) is 0 Å². The van der Waals surface area contributed by atoms with E-state index >= 15 is 0 Å². The van der Waals surface area contributed by atoms with Crippen LogP contribution in [-0.2, 0) is 13.0 Å². The maximum atomic E-state index is 3.35. The smallest absolute Gasteiger partial charge is 0.0205 e. The molecular formula is C18H23N. The highest BCUT2D eigenvalue weighted by molar-refractivity contribution is 5.63. The number of benzene rings is 2. The number of rotatable bonds is 6. The summed E-state index contributed by atoms with van der Waals surface area (Å²) in [5.74, 6) is 0. The van der Waals surface area contributed by atoms with E-state index in [4.69, 9.17) is 0 Å². The topological polar surface area (TPSA) is 12.0 Å². The summed E-state index contributed by atoms with van der Waals surface area (Å²) < 4.78 is 0. The molecule has 0 saturated heterocycles. The highest BCUT2D eigenvalue weighted by atomic mass is 14.8. The van der Waals surface area contributed by atoms with Crippen LogP contribution < -0.4 is 5.32 Å². The Hall–Kier alpha value is -1.60. The SMILES string of the molecule is CCCc1ccc(-c2ccc(CNCC)cc2)cc1. The van der Waals surface area contributed by atoms with E-state index in [1.165, 1.54) is 35.1 Å². The third-order valence-electron chi connectivity index (χ3n) is 3.36. The van der Waals surface area contributed by atoms with Gasteiger partial charge in [-0.2, -0.15) is 0 Å². The van der Waals surface area contributed by atoms with E-state index in [1.807, 2.05) is 0 Å². The molecule has 0 saturated carbocycles. The summed E-state index contributed by atoms with van der Waals surface area (Å²) in [7, 11) is 0. The number of hydrogen-bond acceptors (Lipinski definition) is 1. The molecule has 0 bridgehead atoms. The van der Waals surface area contributed by atoms with Crippen molar-refractivity contribution in [3.8, 4) is 11.1 Å². The molecule has 0 atom stereocenters. The zero-order valence-corrected chi connectivity index (χ0v) is 11.9. The maximum Gasteiger partial charge on any atom is 0.0205 e. The first-order valence-corrected chi connectivity index (χ1v) is 7.22. The summed E-state index contributed by atoms with van der Waals surface area (Å²) in [6.45, 7) is 6.32. The van der Waals surface area contributed by atoms with Crippen LogP contribution in [0.4, 0.5) is 0 Å². The minimum atomic E-state index is 0.951. The van der Waals surface area contributed by atoms with Gasteiger partial charge in [-0.05, 0) is 35.2 Å². The molecule has 100 valence electrons. The van der Waals surface area contributed by atoms with Crippen molar-refractivity contribution in [1.29, 1.82) is 0 Å². The van der Waals surface area contributed by atoms with Crippen molar-refractivity contribution in [2.24, 2.45) is 0 Å². The van der Waals surface area contributed by atoms with E-state index in [-0.39, 0.29) is 0 Å². The van der Waals surface area contributed by atoms with Gasteiger partial charge in [-0.15, -0.1) is 0 Å². The lowest BCUT2D eigenvalue weighted by Gasteiger charge is -2.06. The van der Waals surface area contributed by atoms with Gasteiger partial charge in [-0.3, -0.25) is 0 Å². The molecule has 1 nitrogen and oxygen atoms in total. The second kappa shape index (κ2) is 7.10. The first-order valence-electron chi connectivity index (χ1n) is 7.22. The van der Waals surface area contributed by atoms with Crippen LogP contribution in [0.1, 0.15) is 31.4 Å². The van der Waals surface area contributed by atoms with Crippen LogP contribution in [0.5, 0.6) is 0 Å². The molecule has 0 heterocycles. The van der Waals surface area contributed by atoms with Gasteiger partial charge in [0.1, 0.15) is 0 Å². The molecule has 0 radical (unpaired) electrons. The molecule has 1 heteroatoms. The minimum absolute atomic E-state index is 0.951. The summed E-state index contributed by atoms with van der Waals surface area (Å²) in [5, 5.41) is 3.35. The van der Waals surface area contributed by atoms with Gasteiger partial charge in [-0.1, -0.05) is 68.8 Å². The van der Waals surface area contributed by atoms with Crippen molar-refractivity contribution >= 4 is 0 Å². The van der Waals surface area contributed by atoms with Gasteiger partial charge in [0.25, 0.3) is 0 Å². The van der Waals surface area contributed by atoms with E-state index in [2.05, 4.69) is 67.7 Å². The quantitative estimate of drug-likeness (QED) is 0.803. The average Bonchev–Trinajstić information content (AvgIpc) is 2.47. The fourth-order valence-corrected chi connectivity index (χ4v) is 2.24. The lowest BCUT2D eigenvalue weighted by Crippen LogP contribution is -2.11. The van der Waals surface area contributed by atoms with Crippen LogP contribution in [-0.4, -0.2) is 6.54 Å². The van der Waals surface area contributed by atoms with E-state index in [0.29, 0.717) is 0 Å². The highest BCUT2D eigenvalue weighted by Crippen LogP contribution is 2.20.